The van der Waals surface area contributed by atoms with Crippen LogP contribution < -0.4 is 4.74 Å². The number of ether oxygens (including phenoxy) is 1. The van der Waals surface area contributed by atoms with Crippen molar-refractivity contribution in [2.75, 3.05) is 6.61 Å². The minimum Gasteiger partial charge on any atom is -0.494 e. The van der Waals surface area contributed by atoms with E-state index >= 15 is 0 Å². The molecule has 20 heavy (non-hydrogen) atoms. The van der Waals surface area contributed by atoms with E-state index in [1.54, 1.807) is 6.92 Å². The molecule has 0 bridgehead atoms. The van der Waals surface area contributed by atoms with Gasteiger partial charge in [0.05, 0.1) is 18.4 Å². The molecule has 0 amide bonds. The molecule has 0 aliphatic rings. The molecule has 0 saturated carbocycles. The fraction of sp³-hybridized carbons (Fsp3) is 0.438. The van der Waals surface area contributed by atoms with Crippen LogP contribution in [-0.2, 0) is 6.54 Å². The predicted octanol–water partition coefficient (Wildman–Crippen LogP) is 3.02. The van der Waals surface area contributed by atoms with Crippen LogP contribution in [0.1, 0.15) is 36.3 Å². The molecule has 1 aromatic heterocycles. The number of aryl methyl sites for hydroxylation is 3. The van der Waals surface area contributed by atoms with Crippen molar-refractivity contribution >= 4 is 0 Å². The molecular weight excluding hydrogens is 252 g/mol. The summed E-state index contributed by atoms with van der Waals surface area (Å²) < 4.78 is 7.59. The highest BCUT2D eigenvalue weighted by Crippen LogP contribution is 2.16. The lowest BCUT2D eigenvalue weighted by molar-refractivity contribution is 0.193. The highest BCUT2D eigenvalue weighted by Gasteiger charge is 2.04. The van der Waals surface area contributed by atoms with Crippen LogP contribution in [-0.4, -0.2) is 21.5 Å². The van der Waals surface area contributed by atoms with Gasteiger partial charge in [-0.25, -0.2) is 0 Å². The first-order valence-corrected chi connectivity index (χ1v) is 6.97. The summed E-state index contributed by atoms with van der Waals surface area (Å²) in [5.41, 5.74) is 3.14. The van der Waals surface area contributed by atoms with E-state index in [4.69, 9.17) is 4.74 Å². The van der Waals surface area contributed by atoms with E-state index in [2.05, 4.69) is 25.0 Å². The standard InChI is InChI=1S/C16H22N2O2/c1-12-9-13(2)11-15(10-12)20-8-4-6-18-7-5-16(17-18)14(3)19/h5,7,9-11,14,19H,4,6,8H2,1-3H3/t14-/m0/s1. The van der Waals surface area contributed by atoms with Crippen molar-refractivity contribution in [3.05, 3.63) is 47.3 Å². The van der Waals surface area contributed by atoms with Crippen LogP contribution in [0.2, 0.25) is 0 Å². The molecule has 2 rings (SSSR count). The van der Waals surface area contributed by atoms with Gasteiger partial charge in [-0.2, -0.15) is 5.10 Å². The first-order chi connectivity index (χ1) is 9.54. The Morgan fingerprint density at radius 2 is 1.95 bits per heavy atom. The summed E-state index contributed by atoms with van der Waals surface area (Å²) in [5.74, 6) is 0.924. The van der Waals surface area contributed by atoms with E-state index in [9.17, 15) is 5.11 Å². The van der Waals surface area contributed by atoms with Crippen LogP contribution in [0.25, 0.3) is 0 Å². The minimum absolute atomic E-state index is 0.511. The van der Waals surface area contributed by atoms with Gasteiger partial charge in [-0.05, 0) is 50.1 Å². The molecule has 0 aliphatic carbocycles. The van der Waals surface area contributed by atoms with Crippen molar-refractivity contribution in [1.82, 2.24) is 9.78 Å². The molecule has 0 saturated heterocycles. The topological polar surface area (TPSA) is 47.3 Å². The van der Waals surface area contributed by atoms with Gasteiger partial charge >= 0.3 is 0 Å². The van der Waals surface area contributed by atoms with Gasteiger partial charge in [0.2, 0.25) is 0 Å². The molecule has 0 radical (unpaired) electrons. The third kappa shape index (κ3) is 4.10. The molecule has 1 heterocycles. The molecular formula is C16H22N2O2. The molecule has 0 spiro atoms. The summed E-state index contributed by atoms with van der Waals surface area (Å²) in [6.45, 7) is 7.31. The average molecular weight is 274 g/mol. The lowest BCUT2D eigenvalue weighted by atomic mass is 10.1. The van der Waals surface area contributed by atoms with Crippen LogP contribution in [0.15, 0.2) is 30.5 Å². The highest BCUT2D eigenvalue weighted by molar-refractivity contribution is 5.32. The third-order valence-electron chi connectivity index (χ3n) is 3.08. The summed E-state index contributed by atoms with van der Waals surface area (Å²) in [5, 5.41) is 13.7. The Labute approximate surface area is 120 Å². The van der Waals surface area contributed by atoms with E-state index in [-0.39, 0.29) is 0 Å². The number of hydrogen-bond donors (Lipinski definition) is 1. The first kappa shape index (κ1) is 14.6. The Kier molecular flexibility index (Phi) is 4.79. The largest absolute Gasteiger partial charge is 0.494 e. The van der Waals surface area contributed by atoms with Crippen molar-refractivity contribution in [1.29, 1.82) is 0 Å². The van der Waals surface area contributed by atoms with Crippen LogP contribution in [0.4, 0.5) is 0 Å². The molecule has 1 atom stereocenters. The number of hydrogen-bond acceptors (Lipinski definition) is 3. The van der Waals surface area contributed by atoms with Gasteiger partial charge in [0.25, 0.3) is 0 Å². The first-order valence-electron chi connectivity index (χ1n) is 6.97. The van der Waals surface area contributed by atoms with Gasteiger partial charge in [0.1, 0.15) is 5.75 Å². The van der Waals surface area contributed by atoms with E-state index in [1.807, 2.05) is 29.1 Å². The molecule has 0 fully saturated rings. The van der Waals surface area contributed by atoms with Gasteiger partial charge in [0, 0.05) is 19.2 Å². The van der Waals surface area contributed by atoms with E-state index in [0.717, 1.165) is 18.7 Å². The van der Waals surface area contributed by atoms with Crippen LogP contribution in [0.5, 0.6) is 5.75 Å². The van der Waals surface area contributed by atoms with Crippen LogP contribution in [0.3, 0.4) is 0 Å². The summed E-state index contributed by atoms with van der Waals surface area (Å²) in [6.07, 6.45) is 2.26. The number of rotatable bonds is 6. The number of aliphatic hydroxyl groups excluding tert-OH is 1. The second kappa shape index (κ2) is 6.57. The van der Waals surface area contributed by atoms with Crippen molar-refractivity contribution in [2.24, 2.45) is 0 Å². The van der Waals surface area contributed by atoms with Crippen molar-refractivity contribution in [3.63, 3.8) is 0 Å². The van der Waals surface area contributed by atoms with Crippen molar-refractivity contribution in [3.8, 4) is 5.75 Å². The number of aliphatic hydroxyl groups is 1. The summed E-state index contributed by atoms with van der Waals surface area (Å²) >= 11 is 0. The molecule has 1 N–H and O–H groups in total. The monoisotopic (exact) mass is 274 g/mol. The second-order valence-corrected chi connectivity index (χ2v) is 5.21. The Bertz CT molecular complexity index is 541. The third-order valence-corrected chi connectivity index (χ3v) is 3.08. The van der Waals surface area contributed by atoms with Gasteiger partial charge in [-0.15, -0.1) is 0 Å². The maximum atomic E-state index is 9.41. The smallest absolute Gasteiger partial charge is 0.119 e. The molecule has 108 valence electrons. The SMILES string of the molecule is Cc1cc(C)cc(OCCCn2ccc([C@H](C)O)n2)c1. The minimum atomic E-state index is -0.511. The number of aromatic nitrogens is 2. The van der Waals surface area contributed by atoms with Crippen LogP contribution >= 0.6 is 0 Å². The maximum Gasteiger partial charge on any atom is 0.119 e. The van der Waals surface area contributed by atoms with Gasteiger partial charge in [-0.3, -0.25) is 4.68 Å². The summed E-state index contributed by atoms with van der Waals surface area (Å²) in [7, 11) is 0. The quantitative estimate of drug-likeness (QED) is 0.824. The molecule has 2 aromatic rings. The molecule has 0 unspecified atom stereocenters. The normalized spacial score (nSPS) is 12.4. The van der Waals surface area contributed by atoms with Gasteiger partial charge < -0.3 is 9.84 Å². The van der Waals surface area contributed by atoms with Gasteiger partial charge in [-0.1, -0.05) is 6.07 Å². The molecule has 0 aliphatic heterocycles. The predicted molar refractivity (Wildman–Crippen MR) is 78.9 cm³/mol. The van der Waals surface area contributed by atoms with Gasteiger partial charge in [0.15, 0.2) is 0 Å². The Morgan fingerprint density at radius 3 is 2.55 bits per heavy atom. The fourth-order valence-corrected chi connectivity index (χ4v) is 2.16. The number of benzene rings is 1. The van der Waals surface area contributed by atoms with E-state index < -0.39 is 6.10 Å². The molecule has 4 nitrogen and oxygen atoms in total. The average Bonchev–Trinajstić information content (AvgIpc) is 2.82. The Balaban J connectivity index is 1.78. The Hall–Kier alpha value is -1.81. The maximum absolute atomic E-state index is 9.41. The molecule has 1 aromatic carbocycles. The summed E-state index contributed by atoms with van der Waals surface area (Å²) in [6, 6.07) is 8.07. The zero-order valence-corrected chi connectivity index (χ0v) is 12.3. The lowest BCUT2D eigenvalue weighted by Crippen LogP contribution is -2.06. The second-order valence-electron chi connectivity index (χ2n) is 5.21. The van der Waals surface area contributed by atoms with Crippen molar-refractivity contribution in [2.45, 2.75) is 39.8 Å². The number of nitrogens with zero attached hydrogens (tertiary/aromatic N) is 2. The van der Waals surface area contributed by atoms with Crippen LogP contribution in [0, 0.1) is 13.8 Å². The van der Waals surface area contributed by atoms with E-state index in [1.165, 1.54) is 11.1 Å². The van der Waals surface area contributed by atoms with E-state index in [0.29, 0.717) is 12.3 Å². The Morgan fingerprint density at radius 1 is 1.25 bits per heavy atom. The summed E-state index contributed by atoms with van der Waals surface area (Å²) in [4.78, 5) is 0. The van der Waals surface area contributed by atoms with Crippen molar-refractivity contribution < 1.29 is 9.84 Å². The lowest BCUT2D eigenvalue weighted by Gasteiger charge is -2.08. The zero-order valence-electron chi connectivity index (χ0n) is 12.3. The molecule has 4 heteroatoms. The zero-order chi connectivity index (χ0) is 14.5. The fourth-order valence-electron chi connectivity index (χ4n) is 2.16. The highest BCUT2D eigenvalue weighted by atomic mass is 16.5.